The summed E-state index contributed by atoms with van der Waals surface area (Å²) in [7, 11) is 1.99. The molecule has 112 valence electrons. The highest BCUT2D eigenvalue weighted by Crippen LogP contribution is 2.31. The number of nitrogens with zero attached hydrogens (tertiary/aromatic N) is 2. The topological polar surface area (TPSA) is 71.6 Å². The van der Waals surface area contributed by atoms with Crippen LogP contribution < -0.4 is 10.6 Å². The van der Waals surface area contributed by atoms with E-state index in [-0.39, 0.29) is 0 Å². The van der Waals surface area contributed by atoms with Crippen molar-refractivity contribution in [1.29, 1.82) is 0 Å². The largest absolute Gasteiger partial charge is 0.397 e. The number of ether oxygens (including phenoxy) is 1. The highest BCUT2D eigenvalue weighted by atomic mass is 16.5. The van der Waals surface area contributed by atoms with Gasteiger partial charge in [0, 0.05) is 56.9 Å². The lowest BCUT2D eigenvalue weighted by Gasteiger charge is -2.36. The van der Waals surface area contributed by atoms with E-state index in [1.807, 2.05) is 31.3 Å². The number of likely N-dealkylation sites (N-methyl/N-ethyl adjacent to an activating group) is 1. The summed E-state index contributed by atoms with van der Waals surface area (Å²) in [5.41, 5.74) is 7.81. The molecule has 2 aromatic rings. The van der Waals surface area contributed by atoms with Gasteiger partial charge in [0.25, 0.3) is 0 Å². The van der Waals surface area contributed by atoms with Gasteiger partial charge in [-0.3, -0.25) is 4.98 Å². The van der Waals surface area contributed by atoms with Crippen molar-refractivity contribution < 1.29 is 9.84 Å². The van der Waals surface area contributed by atoms with Crippen molar-refractivity contribution in [2.75, 3.05) is 37.4 Å². The van der Waals surface area contributed by atoms with Crippen LogP contribution in [0.4, 0.5) is 11.4 Å². The Bertz CT molecular complexity index is 638. The van der Waals surface area contributed by atoms with E-state index >= 15 is 0 Å². The molecule has 3 N–H and O–H groups in total. The second-order valence-electron chi connectivity index (χ2n) is 5.77. The molecule has 0 bridgehead atoms. The zero-order valence-corrected chi connectivity index (χ0v) is 12.2. The summed E-state index contributed by atoms with van der Waals surface area (Å²) < 4.78 is 5.33. The number of anilines is 2. The number of aliphatic hydroxyl groups is 1. The van der Waals surface area contributed by atoms with Crippen LogP contribution in [0.3, 0.4) is 0 Å². The molecule has 5 heteroatoms. The lowest BCUT2D eigenvalue weighted by molar-refractivity contribution is -0.0572. The van der Waals surface area contributed by atoms with Gasteiger partial charge < -0.3 is 20.5 Å². The first-order valence-corrected chi connectivity index (χ1v) is 7.24. The molecule has 0 atom stereocenters. The van der Waals surface area contributed by atoms with E-state index in [1.54, 1.807) is 6.20 Å². The Morgan fingerprint density at radius 1 is 1.33 bits per heavy atom. The maximum absolute atomic E-state index is 10.7. The highest BCUT2D eigenvalue weighted by molar-refractivity contribution is 5.98. The standard InChI is InChI=1S/C16H21N3O2/c1-19(11-16(20)6-9-21-10-7-16)14-5-4-13(17)15-12(14)3-2-8-18-15/h2-5,8,20H,6-7,9-11,17H2,1H3. The zero-order chi connectivity index (χ0) is 14.9. The summed E-state index contributed by atoms with van der Waals surface area (Å²) in [6.45, 7) is 1.81. The van der Waals surface area contributed by atoms with Gasteiger partial charge in [0.05, 0.1) is 16.8 Å². The van der Waals surface area contributed by atoms with Crippen LogP contribution in [0.25, 0.3) is 10.9 Å². The molecule has 1 fully saturated rings. The number of hydrogen-bond donors (Lipinski definition) is 2. The molecule has 0 spiro atoms. The molecule has 3 rings (SSSR count). The lowest BCUT2D eigenvalue weighted by Crippen LogP contribution is -2.45. The number of nitrogens with two attached hydrogens (primary N) is 1. The number of fused-ring (bicyclic) bond motifs is 1. The second kappa shape index (κ2) is 5.50. The Morgan fingerprint density at radius 3 is 2.86 bits per heavy atom. The Labute approximate surface area is 124 Å². The summed E-state index contributed by atoms with van der Waals surface area (Å²) in [6, 6.07) is 7.78. The van der Waals surface area contributed by atoms with Gasteiger partial charge in [0.2, 0.25) is 0 Å². The van der Waals surface area contributed by atoms with Crippen molar-refractivity contribution in [3.8, 4) is 0 Å². The average molecular weight is 287 g/mol. The van der Waals surface area contributed by atoms with Crippen LogP contribution in [0.5, 0.6) is 0 Å². The molecular weight excluding hydrogens is 266 g/mol. The molecule has 1 aliphatic heterocycles. The molecule has 1 aromatic heterocycles. The van der Waals surface area contributed by atoms with Gasteiger partial charge in [-0.2, -0.15) is 0 Å². The highest BCUT2D eigenvalue weighted by Gasteiger charge is 2.31. The summed E-state index contributed by atoms with van der Waals surface area (Å²) in [5, 5.41) is 11.7. The Kier molecular flexibility index (Phi) is 3.69. The zero-order valence-electron chi connectivity index (χ0n) is 12.2. The molecule has 1 aliphatic rings. The van der Waals surface area contributed by atoms with Crippen molar-refractivity contribution in [3.05, 3.63) is 30.5 Å². The molecule has 21 heavy (non-hydrogen) atoms. The van der Waals surface area contributed by atoms with Crippen molar-refractivity contribution in [2.24, 2.45) is 0 Å². The predicted octanol–water partition coefficient (Wildman–Crippen LogP) is 1.79. The number of aromatic nitrogens is 1. The lowest BCUT2D eigenvalue weighted by atomic mass is 9.93. The summed E-state index contributed by atoms with van der Waals surface area (Å²) in [5.74, 6) is 0. The van der Waals surface area contributed by atoms with Crippen LogP contribution in [0.2, 0.25) is 0 Å². The van der Waals surface area contributed by atoms with E-state index in [2.05, 4.69) is 9.88 Å². The van der Waals surface area contributed by atoms with E-state index < -0.39 is 5.60 Å². The van der Waals surface area contributed by atoms with Crippen LogP contribution in [0, 0.1) is 0 Å². The van der Waals surface area contributed by atoms with Crippen LogP contribution in [0.15, 0.2) is 30.5 Å². The second-order valence-corrected chi connectivity index (χ2v) is 5.77. The number of rotatable bonds is 3. The molecule has 5 nitrogen and oxygen atoms in total. The van der Waals surface area contributed by atoms with Crippen molar-refractivity contribution in [3.63, 3.8) is 0 Å². The summed E-state index contributed by atoms with van der Waals surface area (Å²) in [6.07, 6.45) is 3.08. The molecule has 1 aromatic carbocycles. The minimum atomic E-state index is -0.692. The fourth-order valence-corrected chi connectivity index (χ4v) is 2.95. The third kappa shape index (κ3) is 2.80. The molecular formula is C16H21N3O2. The van der Waals surface area contributed by atoms with Gasteiger partial charge in [-0.05, 0) is 24.3 Å². The molecule has 2 heterocycles. The molecule has 0 aliphatic carbocycles. The van der Waals surface area contributed by atoms with Crippen LogP contribution in [0.1, 0.15) is 12.8 Å². The molecule has 0 saturated carbocycles. The number of hydrogen-bond acceptors (Lipinski definition) is 5. The van der Waals surface area contributed by atoms with Gasteiger partial charge in [-0.25, -0.2) is 0 Å². The van der Waals surface area contributed by atoms with Gasteiger partial charge in [-0.1, -0.05) is 0 Å². The summed E-state index contributed by atoms with van der Waals surface area (Å²) in [4.78, 5) is 6.43. The van der Waals surface area contributed by atoms with Crippen molar-refractivity contribution >= 4 is 22.3 Å². The van der Waals surface area contributed by atoms with E-state index in [9.17, 15) is 5.11 Å². The van der Waals surface area contributed by atoms with E-state index in [4.69, 9.17) is 10.5 Å². The fraction of sp³-hybridized carbons (Fsp3) is 0.438. The van der Waals surface area contributed by atoms with E-state index in [0.717, 1.165) is 16.6 Å². The quantitative estimate of drug-likeness (QED) is 0.842. The van der Waals surface area contributed by atoms with Gasteiger partial charge in [0.15, 0.2) is 0 Å². The van der Waals surface area contributed by atoms with Crippen molar-refractivity contribution in [1.82, 2.24) is 4.98 Å². The molecule has 0 radical (unpaired) electrons. The van der Waals surface area contributed by atoms with Gasteiger partial charge >= 0.3 is 0 Å². The normalized spacial score (nSPS) is 17.8. The van der Waals surface area contributed by atoms with Crippen molar-refractivity contribution in [2.45, 2.75) is 18.4 Å². The first-order chi connectivity index (χ1) is 10.1. The van der Waals surface area contributed by atoms with Crippen LogP contribution >= 0.6 is 0 Å². The first-order valence-electron chi connectivity index (χ1n) is 7.24. The Morgan fingerprint density at radius 2 is 2.10 bits per heavy atom. The number of benzene rings is 1. The van der Waals surface area contributed by atoms with E-state index in [0.29, 0.717) is 38.3 Å². The first kappa shape index (κ1) is 14.1. The molecule has 0 amide bonds. The van der Waals surface area contributed by atoms with Crippen LogP contribution in [-0.2, 0) is 4.74 Å². The maximum atomic E-state index is 10.7. The van der Waals surface area contributed by atoms with E-state index in [1.165, 1.54) is 0 Å². The van der Waals surface area contributed by atoms with Crippen LogP contribution in [-0.4, -0.2) is 42.5 Å². The monoisotopic (exact) mass is 287 g/mol. The Balaban J connectivity index is 1.91. The number of nitrogen functional groups attached to an aromatic ring is 1. The van der Waals surface area contributed by atoms with Gasteiger partial charge in [-0.15, -0.1) is 0 Å². The Hall–Kier alpha value is -1.85. The third-order valence-corrected chi connectivity index (χ3v) is 4.14. The summed E-state index contributed by atoms with van der Waals surface area (Å²) >= 11 is 0. The maximum Gasteiger partial charge on any atom is 0.0951 e. The minimum Gasteiger partial charge on any atom is -0.397 e. The number of pyridine rings is 1. The smallest absolute Gasteiger partial charge is 0.0951 e. The molecule has 0 unspecified atom stereocenters. The molecule has 1 saturated heterocycles. The third-order valence-electron chi connectivity index (χ3n) is 4.14. The fourth-order valence-electron chi connectivity index (χ4n) is 2.95. The minimum absolute atomic E-state index is 0.574. The SMILES string of the molecule is CN(CC1(O)CCOCC1)c1ccc(N)c2ncccc12. The van der Waals surface area contributed by atoms with Gasteiger partial charge in [0.1, 0.15) is 0 Å². The predicted molar refractivity (Wildman–Crippen MR) is 84.4 cm³/mol. The average Bonchev–Trinajstić information content (AvgIpc) is 2.48.